The molecule has 1 aromatic heterocycles. The Kier molecular flexibility index (Phi) is 7.16. The maximum absolute atomic E-state index is 14.1. The maximum Gasteiger partial charge on any atom is 0.416 e. The number of pyridine rings is 1. The summed E-state index contributed by atoms with van der Waals surface area (Å²) in [6, 6.07) is 11.6. The summed E-state index contributed by atoms with van der Waals surface area (Å²) in [5, 5.41) is 3.39. The predicted molar refractivity (Wildman–Crippen MR) is 128 cm³/mol. The Balaban J connectivity index is 1.52. The van der Waals surface area contributed by atoms with E-state index in [4.69, 9.17) is 10.5 Å². The van der Waals surface area contributed by atoms with Crippen molar-refractivity contribution in [2.24, 2.45) is 0 Å². The van der Waals surface area contributed by atoms with Crippen LogP contribution in [0.5, 0.6) is 5.75 Å². The second-order valence-electron chi connectivity index (χ2n) is 8.92. The van der Waals surface area contributed by atoms with Gasteiger partial charge in [-0.1, -0.05) is 18.2 Å². The van der Waals surface area contributed by atoms with Crippen LogP contribution in [0.1, 0.15) is 35.3 Å². The molecular formula is C26H26F4N4O2. The lowest BCUT2D eigenvalue weighted by Gasteiger charge is -2.36. The molecule has 2 heterocycles. The highest BCUT2D eigenvalue weighted by Crippen LogP contribution is 2.34. The van der Waals surface area contributed by atoms with Gasteiger partial charge in [0.25, 0.3) is 5.91 Å². The Bertz CT molecular complexity index is 1240. The summed E-state index contributed by atoms with van der Waals surface area (Å²) in [5.41, 5.74) is 5.94. The first kappa shape index (κ1) is 25.4. The van der Waals surface area contributed by atoms with Crippen LogP contribution in [0, 0.1) is 5.82 Å². The third kappa shape index (κ3) is 5.59. The topological polar surface area (TPSA) is 80.5 Å². The number of aromatic nitrogens is 1. The number of nitrogen functional groups attached to an aromatic ring is 1. The van der Waals surface area contributed by atoms with Crippen molar-refractivity contribution in [2.45, 2.75) is 38.7 Å². The number of hydrogen-bond donors (Lipinski definition) is 2. The van der Waals surface area contributed by atoms with E-state index in [-0.39, 0.29) is 29.6 Å². The van der Waals surface area contributed by atoms with Crippen molar-refractivity contribution in [1.82, 2.24) is 15.2 Å². The molecule has 0 bridgehead atoms. The van der Waals surface area contributed by atoms with Crippen LogP contribution in [0.4, 0.5) is 23.4 Å². The molecule has 1 fully saturated rings. The smallest absolute Gasteiger partial charge is 0.416 e. The molecular weight excluding hydrogens is 476 g/mol. The lowest BCUT2D eigenvalue weighted by Crippen LogP contribution is -2.55. The number of rotatable bonds is 5. The molecule has 1 aliphatic heterocycles. The van der Waals surface area contributed by atoms with Crippen LogP contribution in [0.15, 0.2) is 54.7 Å². The number of alkyl halides is 3. The molecule has 0 spiro atoms. The number of halogens is 4. The first-order valence-electron chi connectivity index (χ1n) is 11.4. The zero-order valence-electron chi connectivity index (χ0n) is 19.8. The zero-order valence-corrected chi connectivity index (χ0v) is 19.8. The van der Waals surface area contributed by atoms with Crippen LogP contribution in [-0.4, -0.2) is 41.0 Å². The number of nitrogens with zero attached hydrogens (tertiary/aromatic N) is 2. The summed E-state index contributed by atoms with van der Waals surface area (Å²) in [6.45, 7) is 4.62. The van der Waals surface area contributed by atoms with Gasteiger partial charge in [-0.15, -0.1) is 0 Å². The Morgan fingerprint density at radius 1 is 1.11 bits per heavy atom. The molecule has 2 unspecified atom stereocenters. The lowest BCUT2D eigenvalue weighted by molar-refractivity contribution is -0.138. The van der Waals surface area contributed by atoms with Gasteiger partial charge in [0.05, 0.1) is 5.56 Å². The normalized spacial score (nSPS) is 18.2. The quantitative estimate of drug-likeness (QED) is 0.486. The number of anilines is 1. The summed E-state index contributed by atoms with van der Waals surface area (Å²) in [5.74, 6) is -1.11. The van der Waals surface area contributed by atoms with Gasteiger partial charge >= 0.3 is 6.18 Å². The van der Waals surface area contributed by atoms with E-state index in [1.165, 1.54) is 12.3 Å². The molecule has 4 rings (SSSR count). The van der Waals surface area contributed by atoms with Crippen LogP contribution in [0.2, 0.25) is 0 Å². The predicted octanol–water partition coefficient (Wildman–Crippen LogP) is 4.89. The fraction of sp³-hybridized carbons (Fsp3) is 0.308. The minimum absolute atomic E-state index is 0.0211. The number of hydrogen-bond acceptors (Lipinski definition) is 5. The monoisotopic (exact) mass is 502 g/mol. The van der Waals surface area contributed by atoms with Gasteiger partial charge in [-0.05, 0) is 49.7 Å². The van der Waals surface area contributed by atoms with Gasteiger partial charge in [-0.25, -0.2) is 9.37 Å². The van der Waals surface area contributed by atoms with Crippen molar-refractivity contribution in [1.29, 1.82) is 0 Å². The van der Waals surface area contributed by atoms with Gasteiger partial charge in [0.1, 0.15) is 12.4 Å². The van der Waals surface area contributed by atoms with E-state index >= 15 is 0 Å². The van der Waals surface area contributed by atoms with E-state index in [9.17, 15) is 22.4 Å². The number of benzene rings is 2. The maximum atomic E-state index is 14.1. The van der Waals surface area contributed by atoms with Crippen molar-refractivity contribution >= 4 is 11.7 Å². The second-order valence-corrected chi connectivity index (χ2v) is 8.92. The van der Waals surface area contributed by atoms with E-state index in [0.29, 0.717) is 29.8 Å². The van der Waals surface area contributed by atoms with Gasteiger partial charge in [0.2, 0.25) is 0 Å². The Morgan fingerprint density at radius 3 is 2.42 bits per heavy atom. The molecule has 3 aromatic rings. The van der Waals surface area contributed by atoms with Gasteiger partial charge in [-0.3, -0.25) is 4.79 Å². The number of piperazine rings is 1. The van der Waals surface area contributed by atoms with Crippen molar-refractivity contribution in [3.63, 3.8) is 0 Å². The summed E-state index contributed by atoms with van der Waals surface area (Å²) in [4.78, 5) is 18.8. The van der Waals surface area contributed by atoms with Crippen LogP contribution >= 0.6 is 0 Å². The van der Waals surface area contributed by atoms with Crippen LogP contribution in [0.25, 0.3) is 11.1 Å². The second kappa shape index (κ2) is 10.1. The molecule has 36 heavy (non-hydrogen) atoms. The minimum atomic E-state index is -4.73. The summed E-state index contributed by atoms with van der Waals surface area (Å²) < 4.78 is 59.4. The fourth-order valence-corrected chi connectivity index (χ4v) is 4.33. The minimum Gasteiger partial charge on any atom is -0.485 e. The number of nitrogens with two attached hydrogens (primary N) is 1. The molecule has 1 amide bonds. The highest BCUT2D eigenvalue weighted by Gasteiger charge is 2.34. The average molecular weight is 503 g/mol. The molecule has 6 nitrogen and oxygen atoms in total. The van der Waals surface area contributed by atoms with Gasteiger partial charge in [0, 0.05) is 48.1 Å². The SMILES string of the molecule is CC1CN(C(=O)c2ccc(-c3cnc(N)c(OCc4c(F)cccc4C(F)(F)F)c3)cc2)CC(C)N1. The Morgan fingerprint density at radius 2 is 1.78 bits per heavy atom. The van der Waals surface area contributed by atoms with Gasteiger partial charge < -0.3 is 20.7 Å². The Hall–Kier alpha value is -3.66. The largest absolute Gasteiger partial charge is 0.485 e. The van der Waals surface area contributed by atoms with Crippen molar-refractivity contribution in [3.05, 3.63) is 77.2 Å². The standard InChI is InChI=1S/C26H26F4N4O2/c1-15-12-34(13-16(2)33-15)25(35)18-8-6-17(7-9-18)19-10-23(24(31)32-11-19)36-14-20-21(26(28,29)30)4-3-5-22(20)27/h3-11,15-16,33H,12-14H2,1-2H3,(H2,31,32). The van der Waals surface area contributed by atoms with Crippen LogP contribution in [-0.2, 0) is 12.8 Å². The van der Waals surface area contributed by atoms with E-state index in [1.807, 2.05) is 18.7 Å². The molecule has 1 saturated heterocycles. The van der Waals surface area contributed by atoms with E-state index < -0.39 is 29.7 Å². The molecule has 190 valence electrons. The van der Waals surface area contributed by atoms with E-state index in [1.54, 1.807) is 24.3 Å². The van der Waals surface area contributed by atoms with Crippen LogP contribution < -0.4 is 15.8 Å². The molecule has 10 heteroatoms. The molecule has 0 saturated carbocycles. The van der Waals surface area contributed by atoms with Crippen molar-refractivity contribution in [2.75, 3.05) is 18.8 Å². The molecule has 0 aliphatic carbocycles. The molecule has 3 N–H and O–H groups in total. The molecule has 0 radical (unpaired) electrons. The number of carbonyl (C=O) groups is 1. The molecule has 2 atom stereocenters. The highest BCUT2D eigenvalue weighted by molar-refractivity contribution is 5.95. The van der Waals surface area contributed by atoms with Crippen molar-refractivity contribution in [3.8, 4) is 16.9 Å². The lowest BCUT2D eigenvalue weighted by atomic mass is 10.0. The fourth-order valence-electron chi connectivity index (χ4n) is 4.33. The van der Waals surface area contributed by atoms with Gasteiger partial charge in [-0.2, -0.15) is 13.2 Å². The van der Waals surface area contributed by atoms with E-state index in [0.717, 1.165) is 18.2 Å². The Labute approximate surface area is 206 Å². The highest BCUT2D eigenvalue weighted by atomic mass is 19.4. The third-order valence-corrected chi connectivity index (χ3v) is 5.99. The molecule has 1 aliphatic rings. The molecule has 2 aromatic carbocycles. The van der Waals surface area contributed by atoms with Crippen molar-refractivity contribution < 1.29 is 27.1 Å². The van der Waals surface area contributed by atoms with Gasteiger partial charge in [0.15, 0.2) is 11.6 Å². The summed E-state index contributed by atoms with van der Waals surface area (Å²) in [7, 11) is 0. The number of amides is 1. The third-order valence-electron chi connectivity index (χ3n) is 5.99. The average Bonchev–Trinajstić information content (AvgIpc) is 2.82. The zero-order chi connectivity index (χ0) is 26.0. The summed E-state index contributed by atoms with van der Waals surface area (Å²) in [6.07, 6.45) is -3.24. The number of ether oxygens (including phenoxy) is 1. The first-order valence-corrected chi connectivity index (χ1v) is 11.4. The number of carbonyl (C=O) groups excluding carboxylic acids is 1. The number of nitrogens with one attached hydrogen (secondary N) is 1. The van der Waals surface area contributed by atoms with Crippen LogP contribution in [0.3, 0.4) is 0 Å². The first-order chi connectivity index (χ1) is 17.0. The summed E-state index contributed by atoms with van der Waals surface area (Å²) >= 11 is 0. The van der Waals surface area contributed by atoms with E-state index in [2.05, 4.69) is 10.3 Å².